The van der Waals surface area contributed by atoms with E-state index in [1.54, 1.807) is 34.9 Å². The molecule has 7 heteroatoms. The van der Waals surface area contributed by atoms with Crippen LogP contribution >= 0.6 is 23.4 Å². The maximum absolute atomic E-state index is 13.2. The van der Waals surface area contributed by atoms with E-state index in [9.17, 15) is 9.59 Å². The van der Waals surface area contributed by atoms with Crippen molar-refractivity contribution in [1.82, 2.24) is 0 Å². The van der Waals surface area contributed by atoms with Crippen molar-refractivity contribution in [3.63, 3.8) is 0 Å². The molecular weight excluding hydrogens is 386 g/mol. The van der Waals surface area contributed by atoms with E-state index in [0.29, 0.717) is 10.7 Å². The van der Waals surface area contributed by atoms with Crippen molar-refractivity contribution >= 4 is 46.6 Å². The second-order valence-corrected chi connectivity index (χ2v) is 7.40. The fourth-order valence-corrected chi connectivity index (χ4v) is 4.02. The Labute approximate surface area is 164 Å². The first-order chi connectivity index (χ1) is 13.0. The van der Waals surface area contributed by atoms with Gasteiger partial charge in [0.1, 0.15) is 0 Å². The summed E-state index contributed by atoms with van der Waals surface area (Å²) in [6.45, 7) is 1.54. The number of fused-ring (bicyclic) bond motifs is 2. The third kappa shape index (κ3) is 3.34. The molecule has 0 unspecified atom stereocenters. The molecule has 1 aliphatic heterocycles. The van der Waals surface area contributed by atoms with Gasteiger partial charge in [-0.05, 0) is 49.4 Å². The predicted octanol–water partition coefficient (Wildman–Crippen LogP) is 5.31. The number of carbonyl (C=O) groups is 2. The van der Waals surface area contributed by atoms with Crippen LogP contribution in [0, 0.1) is 0 Å². The van der Waals surface area contributed by atoms with Crippen molar-refractivity contribution < 1.29 is 18.7 Å². The lowest BCUT2D eigenvalue weighted by Crippen LogP contribution is -2.38. The number of anilines is 2. The number of esters is 1. The summed E-state index contributed by atoms with van der Waals surface area (Å²) in [4.78, 5) is 28.7. The molecule has 5 nitrogen and oxygen atoms in total. The van der Waals surface area contributed by atoms with Gasteiger partial charge in [0.25, 0.3) is 5.91 Å². The fourth-order valence-electron chi connectivity index (χ4n) is 2.81. The highest BCUT2D eigenvalue weighted by molar-refractivity contribution is 7.99. The molecule has 2 aromatic carbocycles. The van der Waals surface area contributed by atoms with E-state index in [1.807, 2.05) is 30.3 Å². The van der Waals surface area contributed by atoms with Crippen LogP contribution in [0.2, 0.25) is 5.02 Å². The number of hydrogen-bond acceptors (Lipinski definition) is 5. The lowest BCUT2D eigenvalue weighted by atomic mass is 10.2. The highest BCUT2D eigenvalue weighted by Crippen LogP contribution is 2.49. The van der Waals surface area contributed by atoms with Crippen molar-refractivity contribution in [3.8, 4) is 0 Å². The smallest absolute Gasteiger partial charge is 0.374 e. The number of benzene rings is 2. The van der Waals surface area contributed by atoms with E-state index in [0.717, 1.165) is 15.5 Å². The van der Waals surface area contributed by atoms with Gasteiger partial charge in [-0.2, -0.15) is 0 Å². The summed E-state index contributed by atoms with van der Waals surface area (Å²) in [6, 6.07) is 16.0. The van der Waals surface area contributed by atoms with E-state index in [-0.39, 0.29) is 11.7 Å². The maximum Gasteiger partial charge on any atom is 0.374 e. The van der Waals surface area contributed by atoms with Gasteiger partial charge in [-0.1, -0.05) is 35.5 Å². The zero-order valence-corrected chi connectivity index (χ0v) is 15.8. The molecule has 0 fully saturated rings. The van der Waals surface area contributed by atoms with Crippen LogP contribution in [0.15, 0.2) is 75.1 Å². The molecule has 1 aliphatic rings. The van der Waals surface area contributed by atoms with E-state index in [1.165, 1.54) is 19.3 Å². The molecule has 1 amide bonds. The molecule has 0 saturated carbocycles. The van der Waals surface area contributed by atoms with Crippen LogP contribution in [-0.4, -0.2) is 18.0 Å². The quantitative estimate of drug-likeness (QED) is 0.559. The Hall–Kier alpha value is -2.70. The molecule has 0 radical (unpaired) electrons. The summed E-state index contributed by atoms with van der Waals surface area (Å²) >= 11 is 7.72. The molecule has 3 aromatic rings. The minimum Gasteiger partial charge on any atom is -0.457 e. The summed E-state index contributed by atoms with van der Waals surface area (Å²) in [6.07, 6.45) is 0.366. The number of nitrogens with zero attached hydrogens (tertiary/aromatic N) is 1. The Bertz CT molecular complexity index is 1020. The van der Waals surface area contributed by atoms with Crippen LogP contribution in [0.3, 0.4) is 0 Å². The summed E-state index contributed by atoms with van der Waals surface area (Å²) in [5, 5.41) is 0.520. The highest BCUT2D eigenvalue weighted by atomic mass is 35.5. The Morgan fingerprint density at radius 2 is 1.85 bits per heavy atom. The van der Waals surface area contributed by atoms with Crippen LogP contribution in [0.1, 0.15) is 17.5 Å². The maximum atomic E-state index is 13.2. The molecular formula is C20H14ClNO4S. The minimum absolute atomic E-state index is 0.0488. The molecule has 4 rings (SSSR count). The number of furan rings is 1. The van der Waals surface area contributed by atoms with Crippen LogP contribution in [0.5, 0.6) is 0 Å². The SMILES string of the molecule is C[C@@H](OC(=O)c1ccco1)C(=O)N1c2ccccc2Sc2ccc(Cl)cc21. The van der Waals surface area contributed by atoms with Gasteiger partial charge in [-0.25, -0.2) is 4.79 Å². The number of halogens is 1. The summed E-state index contributed by atoms with van der Waals surface area (Å²) < 4.78 is 10.3. The number of amides is 1. The second kappa shape index (κ2) is 7.13. The first kappa shape index (κ1) is 17.7. The molecule has 0 spiro atoms. The number of carbonyl (C=O) groups excluding carboxylic acids is 2. The fraction of sp³-hybridized carbons (Fsp3) is 0.100. The van der Waals surface area contributed by atoms with Gasteiger partial charge in [-0.15, -0.1) is 0 Å². The third-order valence-electron chi connectivity index (χ3n) is 4.06. The number of para-hydroxylation sites is 1. The summed E-state index contributed by atoms with van der Waals surface area (Å²) in [7, 11) is 0. The van der Waals surface area contributed by atoms with Gasteiger partial charge >= 0.3 is 5.97 Å². The van der Waals surface area contributed by atoms with Crippen molar-refractivity contribution in [1.29, 1.82) is 0 Å². The lowest BCUT2D eigenvalue weighted by molar-refractivity contribution is -0.125. The molecule has 1 atom stereocenters. The summed E-state index contributed by atoms with van der Waals surface area (Å²) in [5.74, 6) is -1.01. The third-order valence-corrected chi connectivity index (χ3v) is 5.43. The van der Waals surface area contributed by atoms with E-state index < -0.39 is 12.1 Å². The molecule has 136 valence electrons. The van der Waals surface area contributed by atoms with E-state index in [2.05, 4.69) is 0 Å². The first-order valence-corrected chi connectivity index (χ1v) is 9.39. The highest BCUT2D eigenvalue weighted by Gasteiger charge is 2.33. The van der Waals surface area contributed by atoms with Gasteiger partial charge in [0, 0.05) is 14.8 Å². The molecule has 0 aliphatic carbocycles. The van der Waals surface area contributed by atoms with E-state index in [4.69, 9.17) is 20.8 Å². The lowest BCUT2D eigenvalue weighted by Gasteiger charge is -2.32. The molecule has 1 aromatic heterocycles. The monoisotopic (exact) mass is 399 g/mol. The topological polar surface area (TPSA) is 59.8 Å². The van der Waals surface area contributed by atoms with Crippen LogP contribution in [0.25, 0.3) is 0 Å². The van der Waals surface area contributed by atoms with Crippen molar-refractivity contribution in [2.24, 2.45) is 0 Å². The van der Waals surface area contributed by atoms with Crippen molar-refractivity contribution in [2.45, 2.75) is 22.8 Å². The second-order valence-electron chi connectivity index (χ2n) is 5.88. The van der Waals surface area contributed by atoms with E-state index >= 15 is 0 Å². The molecule has 0 saturated heterocycles. The Morgan fingerprint density at radius 3 is 2.63 bits per heavy atom. The van der Waals surface area contributed by atoms with Gasteiger partial charge in [-0.3, -0.25) is 9.69 Å². The summed E-state index contributed by atoms with van der Waals surface area (Å²) in [5.41, 5.74) is 1.39. The zero-order valence-electron chi connectivity index (χ0n) is 14.2. The number of ether oxygens (including phenoxy) is 1. The molecule has 2 heterocycles. The van der Waals surface area contributed by atoms with Crippen LogP contribution in [0.4, 0.5) is 11.4 Å². The Kier molecular flexibility index (Phi) is 4.68. The predicted molar refractivity (Wildman–Crippen MR) is 103 cm³/mol. The van der Waals surface area contributed by atoms with Gasteiger partial charge in [0.2, 0.25) is 5.76 Å². The normalized spacial score (nSPS) is 13.5. The average molecular weight is 400 g/mol. The standard InChI is InChI=1S/C20H14ClNO4S/c1-12(26-20(24)16-6-4-10-25-16)19(23)22-14-5-2-3-7-17(14)27-18-9-8-13(21)11-15(18)22/h2-12H,1H3/t12-/m1/s1. The molecule has 0 N–H and O–H groups in total. The van der Waals surface area contributed by atoms with Gasteiger partial charge in [0.05, 0.1) is 17.6 Å². The van der Waals surface area contributed by atoms with Crippen molar-refractivity contribution in [2.75, 3.05) is 4.90 Å². The Morgan fingerprint density at radius 1 is 1.07 bits per heavy atom. The van der Waals surface area contributed by atoms with Gasteiger partial charge in [0.15, 0.2) is 6.10 Å². The van der Waals surface area contributed by atoms with Crippen molar-refractivity contribution in [3.05, 3.63) is 71.6 Å². The van der Waals surface area contributed by atoms with Crippen LogP contribution in [-0.2, 0) is 9.53 Å². The average Bonchev–Trinajstić information content (AvgIpc) is 3.20. The van der Waals surface area contributed by atoms with Crippen LogP contribution < -0.4 is 4.90 Å². The first-order valence-electron chi connectivity index (χ1n) is 8.19. The van der Waals surface area contributed by atoms with Gasteiger partial charge < -0.3 is 9.15 Å². The molecule has 0 bridgehead atoms. The minimum atomic E-state index is -1.01. The number of hydrogen-bond donors (Lipinski definition) is 0. The largest absolute Gasteiger partial charge is 0.457 e. The zero-order chi connectivity index (χ0) is 19.0. The Balaban J connectivity index is 1.68. The number of rotatable bonds is 3. The molecule has 27 heavy (non-hydrogen) atoms.